The second-order valence-corrected chi connectivity index (χ2v) is 6.78. The first-order valence-corrected chi connectivity index (χ1v) is 7.64. The third kappa shape index (κ3) is 8.20. The first kappa shape index (κ1) is 22.1. The maximum absolute atomic E-state index is 11.2. The van der Waals surface area contributed by atoms with Crippen LogP contribution in [0.3, 0.4) is 0 Å². The van der Waals surface area contributed by atoms with Gasteiger partial charge in [-0.3, -0.25) is 0 Å². The molecule has 0 aromatic heterocycles. The molecule has 0 bridgehead atoms. The molecule has 0 aromatic rings. The first-order valence-electron chi connectivity index (χ1n) is 5.71. The summed E-state index contributed by atoms with van der Waals surface area (Å²) in [5.41, 5.74) is 0. The molecule has 1 N–H and O–H groups in total. The van der Waals surface area contributed by atoms with E-state index in [0.29, 0.717) is 19.0 Å². The molecule has 0 saturated heterocycles. The van der Waals surface area contributed by atoms with E-state index < -0.39 is 27.0 Å². The Morgan fingerprint density at radius 2 is 1.70 bits per heavy atom. The van der Waals surface area contributed by atoms with Crippen molar-refractivity contribution in [1.29, 1.82) is 0 Å². The largest absolute Gasteiger partial charge is 1.00 e. The maximum atomic E-state index is 11.2. The summed E-state index contributed by atoms with van der Waals surface area (Å²) in [6.07, 6.45) is -1.54. The van der Waals surface area contributed by atoms with Crippen molar-refractivity contribution in [2.45, 2.75) is 25.5 Å². The van der Waals surface area contributed by atoms with Crippen LogP contribution in [0.25, 0.3) is 0 Å². The van der Waals surface area contributed by atoms with Crippen LogP contribution >= 0.6 is 0 Å². The van der Waals surface area contributed by atoms with Crippen molar-refractivity contribution in [3.8, 4) is 0 Å². The van der Waals surface area contributed by atoms with Gasteiger partial charge in [0.1, 0.15) is 6.10 Å². The standard InChI is InChI=1S/C10H21NO7Si.Na/c1-8(9(12)13)18-10(14)11-6-5-7-19(15-2,16-3)17-4;/h8H,5-7H2,1-4H3,(H,11,14)(H,12,13);/q;+1/p-1. The van der Waals surface area contributed by atoms with Crippen LogP contribution in [-0.2, 0) is 22.8 Å². The van der Waals surface area contributed by atoms with Gasteiger partial charge in [0.05, 0.1) is 5.97 Å². The fourth-order valence-electron chi connectivity index (χ4n) is 1.30. The van der Waals surface area contributed by atoms with Crippen LogP contribution in [0, 0.1) is 0 Å². The number of carboxylic acid groups (broad SMARTS) is 1. The van der Waals surface area contributed by atoms with E-state index in [1.54, 1.807) is 0 Å². The van der Waals surface area contributed by atoms with E-state index >= 15 is 0 Å². The minimum absolute atomic E-state index is 0. The molecule has 1 atom stereocenters. The number of carboxylic acids is 1. The molecule has 0 saturated carbocycles. The molecule has 112 valence electrons. The molecular weight excluding hydrogens is 297 g/mol. The summed E-state index contributed by atoms with van der Waals surface area (Å²) in [7, 11) is 1.87. The summed E-state index contributed by atoms with van der Waals surface area (Å²) in [5.74, 6) is -1.44. The number of carbonyl (C=O) groups excluding carboxylic acids is 2. The van der Waals surface area contributed by atoms with Crippen molar-refractivity contribution in [3.05, 3.63) is 0 Å². The monoisotopic (exact) mass is 317 g/mol. The third-order valence-electron chi connectivity index (χ3n) is 2.48. The van der Waals surface area contributed by atoms with Crippen molar-refractivity contribution in [2.75, 3.05) is 27.9 Å². The van der Waals surface area contributed by atoms with E-state index in [-0.39, 0.29) is 29.6 Å². The van der Waals surface area contributed by atoms with Crippen molar-refractivity contribution in [1.82, 2.24) is 5.32 Å². The summed E-state index contributed by atoms with van der Waals surface area (Å²) in [5, 5.41) is 12.8. The van der Waals surface area contributed by atoms with Crippen LogP contribution < -0.4 is 40.0 Å². The van der Waals surface area contributed by atoms with Crippen LogP contribution in [0.15, 0.2) is 0 Å². The summed E-state index contributed by atoms with van der Waals surface area (Å²) in [6.45, 7) is 1.51. The maximum Gasteiger partial charge on any atom is 1.00 e. The molecule has 0 heterocycles. The third-order valence-corrected chi connectivity index (χ3v) is 5.31. The zero-order chi connectivity index (χ0) is 14.9. The Bertz CT molecular complexity index is 293. The smallest absolute Gasteiger partial charge is 0.546 e. The quantitative estimate of drug-likeness (QED) is 0.342. The summed E-state index contributed by atoms with van der Waals surface area (Å²) < 4.78 is 20.1. The average Bonchev–Trinajstić information content (AvgIpc) is 2.39. The topological polar surface area (TPSA) is 106 Å². The van der Waals surface area contributed by atoms with Crippen LogP contribution in [0.2, 0.25) is 6.04 Å². The Morgan fingerprint density at radius 3 is 2.10 bits per heavy atom. The van der Waals surface area contributed by atoms with Crippen molar-refractivity contribution in [2.24, 2.45) is 0 Å². The predicted molar refractivity (Wildman–Crippen MR) is 65.2 cm³/mol. The van der Waals surface area contributed by atoms with Gasteiger partial charge >= 0.3 is 44.5 Å². The van der Waals surface area contributed by atoms with E-state index in [1.165, 1.54) is 28.3 Å². The number of carbonyl (C=O) groups is 2. The Hall–Kier alpha value is -0.163. The molecule has 0 aliphatic heterocycles. The molecular formula is C10H20NNaO7Si. The van der Waals surface area contributed by atoms with Gasteiger partial charge in [0.2, 0.25) is 0 Å². The molecule has 0 rings (SSSR count). The Balaban J connectivity index is 0. The van der Waals surface area contributed by atoms with Gasteiger partial charge in [-0.1, -0.05) is 0 Å². The zero-order valence-electron chi connectivity index (χ0n) is 12.6. The molecule has 8 nitrogen and oxygen atoms in total. The van der Waals surface area contributed by atoms with Crippen molar-refractivity contribution >= 4 is 20.9 Å². The summed E-state index contributed by atoms with van der Waals surface area (Å²) >= 11 is 0. The number of hydrogen-bond donors (Lipinski definition) is 1. The van der Waals surface area contributed by atoms with Gasteiger partial charge in [0.15, 0.2) is 0 Å². The molecule has 1 amide bonds. The molecule has 0 spiro atoms. The summed E-state index contributed by atoms with van der Waals surface area (Å²) in [4.78, 5) is 21.5. The first-order chi connectivity index (χ1) is 8.90. The van der Waals surface area contributed by atoms with Gasteiger partial charge in [0, 0.05) is 33.9 Å². The number of aliphatic carboxylic acids is 1. The van der Waals surface area contributed by atoms with E-state index in [1.807, 2.05) is 0 Å². The van der Waals surface area contributed by atoms with Crippen LogP contribution in [0.1, 0.15) is 13.3 Å². The van der Waals surface area contributed by atoms with Gasteiger partial charge in [-0.2, -0.15) is 0 Å². The molecule has 0 aliphatic carbocycles. The fourth-order valence-corrected chi connectivity index (χ4v) is 3.02. The molecule has 20 heavy (non-hydrogen) atoms. The Morgan fingerprint density at radius 1 is 1.20 bits per heavy atom. The molecule has 1 unspecified atom stereocenters. The molecule has 0 aliphatic rings. The van der Waals surface area contributed by atoms with E-state index in [2.05, 4.69) is 10.1 Å². The number of hydrogen-bond acceptors (Lipinski definition) is 7. The van der Waals surface area contributed by atoms with Crippen LogP contribution in [0.4, 0.5) is 4.79 Å². The summed E-state index contributed by atoms with van der Waals surface area (Å²) in [6, 6.07) is 0.521. The number of ether oxygens (including phenoxy) is 1. The van der Waals surface area contributed by atoms with E-state index in [0.717, 1.165) is 0 Å². The van der Waals surface area contributed by atoms with Crippen LogP contribution in [0.5, 0.6) is 0 Å². The number of rotatable bonds is 9. The number of amides is 1. The molecule has 0 radical (unpaired) electrons. The van der Waals surface area contributed by atoms with Gasteiger partial charge in [-0.15, -0.1) is 0 Å². The van der Waals surface area contributed by atoms with Crippen LogP contribution in [-0.4, -0.2) is 54.8 Å². The van der Waals surface area contributed by atoms with Crippen molar-refractivity contribution < 1.29 is 62.3 Å². The number of alkyl carbamates (subject to hydrolysis) is 1. The fraction of sp³-hybridized carbons (Fsp3) is 0.800. The van der Waals surface area contributed by atoms with E-state index in [9.17, 15) is 14.7 Å². The molecule has 0 aromatic carbocycles. The Kier molecular flexibility index (Phi) is 12.7. The second kappa shape index (κ2) is 11.5. The SMILES string of the molecule is CO[Si](CCCNC(=O)OC(C)C(=O)[O-])(OC)OC.[Na+]. The average molecular weight is 317 g/mol. The normalized spacial score (nSPS) is 12.2. The minimum Gasteiger partial charge on any atom is -0.546 e. The van der Waals surface area contributed by atoms with Gasteiger partial charge in [-0.05, 0) is 13.3 Å². The van der Waals surface area contributed by atoms with Gasteiger partial charge in [-0.25, -0.2) is 4.79 Å². The zero-order valence-corrected chi connectivity index (χ0v) is 15.6. The second-order valence-electron chi connectivity index (χ2n) is 3.69. The number of nitrogens with one attached hydrogen (secondary N) is 1. The van der Waals surface area contributed by atoms with Gasteiger partial charge < -0.3 is 33.2 Å². The Labute approximate surface area is 141 Å². The molecule has 0 fully saturated rings. The molecule has 10 heteroatoms. The van der Waals surface area contributed by atoms with E-state index in [4.69, 9.17) is 13.3 Å². The van der Waals surface area contributed by atoms with Crippen molar-refractivity contribution in [3.63, 3.8) is 0 Å². The minimum atomic E-state index is -2.64. The predicted octanol–water partition coefficient (Wildman–Crippen LogP) is -3.88. The van der Waals surface area contributed by atoms with Gasteiger partial charge in [0.25, 0.3) is 0 Å².